The third-order valence-electron chi connectivity index (χ3n) is 4.28. The number of hydrogen-bond acceptors (Lipinski definition) is 3. The molecule has 2 fully saturated rings. The monoisotopic (exact) mass is 323 g/mol. The SMILES string of the molecule is CCC1CCCCCN1c1cc(Br)nc(C2CC2)n1. The van der Waals surface area contributed by atoms with E-state index in [1.165, 1.54) is 44.9 Å². The smallest absolute Gasteiger partial charge is 0.135 e. The van der Waals surface area contributed by atoms with Gasteiger partial charge in [-0.3, -0.25) is 0 Å². The van der Waals surface area contributed by atoms with Crippen molar-refractivity contribution in [3.8, 4) is 0 Å². The van der Waals surface area contributed by atoms with Crippen molar-refractivity contribution in [2.75, 3.05) is 11.4 Å². The zero-order valence-corrected chi connectivity index (χ0v) is 13.2. The van der Waals surface area contributed by atoms with Gasteiger partial charge in [0.25, 0.3) is 0 Å². The van der Waals surface area contributed by atoms with Gasteiger partial charge in [0.1, 0.15) is 16.2 Å². The average molecular weight is 324 g/mol. The Hall–Kier alpha value is -0.640. The molecule has 0 bridgehead atoms. The molecule has 0 aromatic carbocycles. The third kappa shape index (κ3) is 3.10. The Labute approximate surface area is 124 Å². The lowest BCUT2D eigenvalue weighted by Gasteiger charge is -2.30. The van der Waals surface area contributed by atoms with E-state index in [1.807, 2.05) is 0 Å². The van der Waals surface area contributed by atoms with Gasteiger partial charge < -0.3 is 4.90 Å². The van der Waals surface area contributed by atoms with Gasteiger partial charge in [0.15, 0.2) is 0 Å². The predicted molar refractivity (Wildman–Crippen MR) is 81.6 cm³/mol. The molecule has 2 aliphatic rings. The van der Waals surface area contributed by atoms with Gasteiger partial charge in [-0.05, 0) is 48.0 Å². The lowest BCUT2D eigenvalue weighted by atomic mass is 10.1. The number of hydrogen-bond donors (Lipinski definition) is 0. The van der Waals surface area contributed by atoms with E-state index in [1.54, 1.807) is 0 Å². The first-order valence-corrected chi connectivity index (χ1v) is 8.38. The van der Waals surface area contributed by atoms with E-state index in [4.69, 9.17) is 4.98 Å². The van der Waals surface area contributed by atoms with Crippen LogP contribution in [0.3, 0.4) is 0 Å². The molecule has 104 valence electrons. The summed E-state index contributed by atoms with van der Waals surface area (Å²) in [4.78, 5) is 11.9. The molecule has 3 nitrogen and oxygen atoms in total. The molecule has 1 aromatic rings. The van der Waals surface area contributed by atoms with Gasteiger partial charge in [-0.15, -0.1) is 0 Å². The van der Waals surface area contributed by atoms with Crippen molar-refractivity contribution in [1.82, 2.24) is 9.97 Å². The van der Waals surface area contributed by atoms with Crippen molar-refractivity contribution in [2.45, 2.75) is 63.8 Å². The van der Waals surface area contributed by atoms with Crippen LogP contribution in [0.1, 0.15) is 63.6 Å². The van der Waals surface area contributed by atoms with Crippen molar-refractivity contribution < 1.29 is 0 Å². The Bertz CT molecular complexity index is 445. The minimum atomic E-state index is 0.614. The second-order valence-electron chi connectivity index (χ2n) is 5.79. The van der Waals surface area contributed by atoms with Crippen LogP contribution in [-0.2, 0) is 0 Å². The van der Waals surface area contributed by atoms with E-state index in [2.05, 4.69) is 38.8 Å². The maximum absolute atomic E-state index is 4.84. The number of aromatic nitrogens is 2. The third-order valence-corrected chi connectivity index (χ3v) is 4.69. The molecular formula is C15H22BrN3. The molecule has 19 heavy (non-hydrogen) atoms. The fourth-order valence-corrected chi connectivity index (χ4v) is 3.38. The van der Waals surface area contributed by atoms with Crippen LogP contribution in [0.5, 0.6) is 0 Å². The summed E-state index contributed by atoms with van der Waals surface area (Å²) in [6, 6.07) is 2.75. The van der Waals surface area contributed by atoms with Gasteiger partial charge in [0.2, 0.25) is 0 Å². The first-order chi connectivity index (χ1) is 9.28. The molecule has 1 saturated carbocycles. The second-order valence-corrected chi connectivity index (χ2v) is 6.60. The molecule has 0 radical (unpaired) electrons. The fourth-order valence-electron chi connectivity index (χ4n) is 3.00. The van der Waals surface area contributed by atoms with E-state index in [9.17, 15) is 0 Å². The molecule has 1 aliphatic heterocycles. The Kier molecular flexibility index (Phi) is 4.06. The highest BCUT2D eigenvalue weighted by atomic mass is 79.9. The Balaban J connectivity index is 1.89. The first kappa shape index (κ1) is 13.3. The molecular weight excluding hydrogens is 302 g/mol. The van der Waals surface area contributed by atoms with E-state index in [0.29, 0.717) is 12.0 Å². The summed E-state index contributed by atoms with van der Waals surface area (Å²) in [6.07, 6.45) is 9.03. The maximum atomic E-state index is 4.84. The van der Waals surface area contributed by atoms with Crippen molar-refractivity contribution in [3.05, 3.63) is 16.5 Å². The van der Waals surface area contributed by atoms with Crippen LogP contribution in [0.15, 0.2) is 10.7 Å². The molecule has 3 rings (SSSR count). The highest BCUT2D eigenvalue weighted by Gasteiger charge is 2.29. The first-order valence-electron chi connectivity index (χ1n) is 7.59. The van der Waals surface area contributed by atoms with Crippen molar-refractivity contribution in [1.29, 1.82) is 0 Å². The van der Waals surface area contributed by atoms with E-state index < -0.39 is 0 Å². The zero-order valence-electron chi connectivity index (χ0n) is 11.6. The maximum Gasteiger partial charge on any atom is 0.135 e. The Morgan fingerprint density at radius 1 is 1.21 bits per heavy atom. The van der Waals surface area contributed by atoms with E-state index >= 15 is 0 Å². The van der Waals surface area contributed by atoms with Crippen LogP contribution in [0.25, 0.3) is 0 Å². The summed E-state index contributed by atoms with van der Waals surface area (Å²) in [7, 11) is 0. The number of anilines is 1. The summed E-state index contributed by atoms with van der Waals surface area (Å²) < 4.78 is 0.943. The Morgan fingerprint density at radius 2 is 2.05 bits per heavy atom. The number of halogens is 1. The normalized spacial score (nSPS) is 24.3. The highest BCUT2D eigenvalue weighted by molar-refractivity contribution is 9.10. The van der Waals surface area contributed by atoms with Gasteiger partial charge in [0, 0.05) is 24.6 Å². The topological polar surface area (TPSA) is 29.0 Å². The van der Waals surface area contributed by atoms with Crippen LogP contribution < -0.4 is 4.90 Å². The standard InChI is InChI=1S/C15H22BrN3/c1-2-12-6-4-3-5-9-19(12)14-10-13(16)17-15(18-14)11-7-8-11/h10-12H,2-9H2,1H3. The van der Waals surface area contributed by atoms with Crippen molar-refractivity contribution in [3.63, 3.8) is 0 Å². The molecule has 1 saturated heterocycles. The summed E-state index contributed by atoms with van der Waals surface area (Å²) in [5.41, 5.74) is 0. The van der Waals surface area contributed by atoms with E-state index in [-0.39, 0.29) is 0 Å². The van der Waals surface area contributed by atoms with Crippen molar-refractivity contribution in [2.24, 2.45) is 0 Å². The van der Waals surface area contributed by atoms with Crippen LogP contribution in [0, 0.1) is 0 Å². The molecule has 0 amide bonds. The van der Waals surface area contributed by atoms with Crippen LogP contribution in [0.2, 0.25) is 0 Å². The quantitative estimate of drug-likeness (QED) is 0.777. The van der Waals surface area contributed by atoms with Crippen LogP contribution in [-0.4, -0.2) is 22.6 Å². The Morgan fingerprint density at radius 3 is 2.79 bits per heavy atom. The van der Waals surface area contributed by atoms with Gasteiger partial charge in [-0.2, -0.15) is 0 Å². The van der Waals surface area contributed by atoms with Gasteiger partial charge in [0.05, 0.1) is 0 Å². The average Bonchev–Trinajstić information content (AvgIpc) is 3.24. The molecule has 1 aliphatic carbocycles. The summed E-state index contributed by atoms with van der Waals surface area (Å²) >= 11 is 3.56. The van der Waals surface area contributed by atoms with Crippen molar-refractivity contribution >= 4 is 21.7 Å². The molecule has 1 atom stereocenters. The van der Waals surface area contributed by atoms with Gasteiger partial charge >= 0.3 is 0 Å². The zero-order chi connectivity index (χ0) is 13.2. The molecule has 0 N–H and O–H groups in total. The van der Waals surface area contributed by atoms with Crippen LogP contribution >= 0.6 is 15.9 Å². The largest absolute Gasteiger partial charge is 0.354 e. The molecule has 0 spiro atoms. The van der Waals surface area contributed by atoms with Gasteiger partial charge in [-0.1, -0.05) is 19.8 Å². The lowest BCUT2D eigenvalue weighted by Crippen LogP contribution is -2.35. The predicted octanol–water partition coefficient (Wildman–Crippen LogP) is 4.28. The highest BCUT2D eigenvalue weighted by Crippen LogP contribution is 2.39. The minimum absolute atomic E-state index is 0.614. The minimum Gasteiger partial charge on any atom is -0.354 e. The lowest BCUT2D eigenvalue weighted by molar-refractivity contribution is 0.551. The number of nitrogens with zero attached hydrogens (tertiary/aromatic N) is 3. The molecule has 2 heterocycles. The summed E-state index contributed by atoms with van der Waals surface area (Å²) in [6.45, 7) is 3.44. The summed E-state index contributed by atoms with van der Waals surface area (Å²) in [5.74, 6) is 2.80. The molecule has 4 heteroatoms. The molecule has 1 unspecified atom stereocenters. The van der Waals surface area contributed by atoms with E-state index in [0.717, 1.165) is 22.8 Å². The van der Waals surface area contributed by atoms with Gasteiger partial charge in [-0.25, -0.2) is 9.97 Å². The summed E-state index contributed by atoms with van der Waals surface area (Å²) in [5, 5.41) is 0. The second kappa shape index (κ2) is 5.78. The fraction of sp³-hybridized carbons (Fsp3) is 0.733. The molecule has 1 aromatic heterocycles. The number of rotatable bonds is 3. The van der Waals surface area contributed by atoms with Crippen LogP contribution in [0.4, 0.5) is 5.82 Å².